The van der Waals surface area contributed by atoms with Crippen molar-refractivity contribution >= 4 is 0 Å². The van der Waals surface area contributed by atoms with Crippen molar-refractivity contribution in [2.24, 2.45) is 12.8 Å². The van der Waals surface area contributed by atoms with E-state index in [2.05, 4.69) is 5.10 Å². The fourth-order valence-corrected chi connectivity index (χ4v) is 1.89. The van der Waals surface area contributed by atoms with Gasteiger partial charge in [0.2, 0.25) is 0 Å². The van der Waals surface area contributed by atoms with E-state index in [0.717, 1.165) is 11.3 Å². The number of hydrogen-bond donors (Lipinski definition) is 1. The summed E-state index contributed by atoms with van der Waals surface area (Å²) in [6, 6.07) is 6.33. The molecule has 0 aliphatic heterocycles. The molecule has 2 N–H and O–H groups in total. The minimum Gasteiger partial charge on any atom is -0.487 e. The highest BCUT2D eigenvalue weighted by Crippen LogP contribution is 2.22. The second kappa shape index (κ2) is 5.84. The number of aryl methyl sites for hydroxylation is 1. The highest BCUT2D eigenvalue weighted by atomic mass is 19.1. The predicted octanol–water partition coefficient (Wildman–Crippen LogP) is 2.03. The Morgan fingerprint density at radius 1 is 1.42 bits per heavy atom. The number of halogens is 1. The Balaban J connectivity index is 2.10. The standard InChI is InChI=1S/C14H18FN3O/c1-10(16)7-11-8-12(15)3-4-14(11)19-9-13-5-6-18(2)17-13/h3-6,8,10H,7,9,16H2,1-2H3. The summed E-state index contributed by atoms with van der Waals surface area (Å²) >= 11 is 0. The summed E-state index contributed by atoms with van der Waals surface area (Å²) in [5.41, 5.74) is 7.38. The molecule has 0 amide bonds. The number of benzene rings is 1. The Morgan fingerprint density at radius 2 is 2.21 bits per heavy atom. The molecule has 0 fully saturated rings. The second-order valence-electron chi connectivity index (χ2n) is 4.70. The number of hydrogen-bond acceptors (Lipinski definition) is 3. The summed E-state index contributed by atoms with van der Waals surface area (Å²) in [5, 5.41) is 4.23. The van der Waals surface area contributed by atoms with Gasteiger partial charge in [-0.1, -0.05) is 0 Å². The van der Waals surface area contributed by atoms with Crippen molar-refractivity contribution in [3.8, 4) is 5.75 Å². The lowest BCUT2D eigenvalue weighted by Crippen LogP contribution is -2.18. The monoisotopic (exact) mass is 263 g/mol. The van der Waals surface area contributed by atoms with Crippen LogP contribution in [0.15, 0.2) is 30.5 Å². The van der Waals surface area contributed by atoms with Crippen molar-refractivity contribution in [1.29, 1.82) is 0 Å². The van der Waals surface area contributed by atoms with Gasteiger partial charge in [-0.25, -0.2) is 4.39 Å². The van der Waals surface area contributed by atoms with Gasteiger partial charge in [0.25, 0.3) is 0 Å². The topological polar surface area (TPSA) is 53.1 Å². The molecule has 0 spiro atoms. The first-order valence-electron chi connectivity index (χ1n) is 6.20. The van der Waals surface area contributed by atoms with Crippen molar-refractivity contribution in [1.82, 2.24) is 9.78 Å². The molecule has 0 radical (unpaired) electrons. The summed E-state index contributed by atoms with van der Waals surface area (Å²) in [7, 11) is 1.85. The van der Waals surface area contributed by atoms with E-state index in [0.29, 0.717) is 18.8 Å². The molecule has 0 bridgehead atoms. The van der Waals surface area contributed by atoms with Gasteiger partial charge >= 0.3 is 0 Å². The SMILES string of the molecule is CC(N)Cc1cc(F)ccc1OCc1ccn(C)n1. The van der Waals surface area contributed by atoms with Crippen LogP contribution in [0, 0.1) is 5.82 Å². The number of nitrogens with zero attached hydrogens (tertiary/aromatic N) is 2. The summed E-state index contributed by atoms with van der Waals surface area (Å²) in [6.07, 6.45) is 2.43. The first-order valence-corrected chi connectivity index (χ1v) is 6.20. The Morgan fingerprint density at radius 3 is 2.84 bits per heavy atom. The van der Waals surface area contributed by atoms with Gasteiger partial charge in [0.05, 0.1) is 5.69 Å². The maximum atomic E-state index is 13.3. The molecule has 4 nitrogen and oxygen atoms in total. The molecule has 0 saturated carbocycles. The van der Waals surface area contributed by atoms with Crippen LogP contribution in [-0.2, 0) is 20.1 Å². The van der Waals surface area contributed by atoms with E-state index in [-0.39, 0.29) is 11.9 Å². The van der Waals surface area contributed by atoms with Crippen molar-refractivity contribution in [2.75, 3.05) is 0 Å². The van der Waals surface area contributed by atoms with Crippen molar-refractivity contribution in [3.05, 3.63) is 47.5 Å². The van der Waals surface area contributed by atoms with Crippen molar-refractivity contribution in [2.45, 2.75) is 26.0 Å². The zero-order chi connectivity index (χ0) is 13.8. The van der Waals surface area contributed by atoms with E-state index in [1.807, 2.05) is 26.2 Å². The average molecular weight is 263 g/mol. The lowest BCUT2D eigenvalue weighted by atomic mass is 10.1. The molecule has 2 aromatic rings. The number of ether oxygens (including phenoxy) is 1. The first kappa shape index (κ1) is 13.5. The molecule has 1 atom stereocenters. The molecule has 0 aliphatic carbocycles. The third-order valence-corrected chi connectivity index (χ3v) is 2.71. The lowest BCUT2D eigenvalue weighted by Gasteiger charge is -2.12. The summed E-state index contributed by atoms with van der Waals surface area (Å²) < 4.78 is 20.7. The maximum Gasteiger partial charge on any atom is 0.132 e. The zero-order valence-electron chi connectivity index (χ0n) is 11.1. The largest absolute Gasteiger partial charge is 0.487 e. The van der Waals surface area contributed by atoms with Crippen LogP contribution in [0.25, 0.3) is 0 Å². The molecule has 5 heteroatoms. The fraction of sp³-hybridized carbons (Fsp3) is 0.357. The Labute approximate surface area is 112 Å². The molecule has 0 aliphatic rings. The number of nitrogens with two attached hydrogens (primary N) is 1. The fourth-order valence-electron chi connectivity index (χ4n) is 1.89. The van der Waals surface area contributed by atoms with Crippen LogP contribution in [0.2, 0.25) is 0 Å². The van der Waals surface area contributed by atoms with Gasteiger partial charge in [0.15, 0.2) is 0 Å². The van der Waals surface area contributed by atoms with Crippen LogP contribution in [0.4, 0.5) is 4.39 Å². The van der Waals surface area contributed by atoms with E-state index in [1.54, 1.807) is 10.7 Å². The van der Waals surface area contributed by atoms with Crippen LogP contribution < -0.4 is 10.5 Å². The molecule has 102 valence electrons. The zero-order valence-corrected chi connectivity index (χ0v) is 11.1. The normalized spacial score (nSPS) is 12.4. The molecule has 1 aromatic heterocycles. The van der Waals surface area contributed by atoms with Gasteiger partial charge in [-0.3, -0.25) is 4.68 Å². The summed E-state index contributed by atoms with van der Waals surface area (Å²) in [5.74, 6) is 0.380. The van der Waals surface area contributed by atoms with E-state index in [1.165, 1.54) is 12.1 Å². The quantitative estimate of drug-likeness (QED) is 0.898. The summed E-state index contributed by atoms with van der Waals surface area (Å²) in [4.78, 5) is 0. The molecule has 2 rings (SSSR count). The first-order chi connectivity index (χ1) is 9.04. The van der Waals surface area contributed by atoms with Gasteiger partial charge in [-0.15, -0.1) is 0 Å². The highest BCUT2D eigenvalue weighted by Gasteiger charge is 2.08. The molecule has 1 aromatic carbocycles. The molecular weight excluding hydrogens is 245 g/mol. The summed E-state index contributed by atoms with van der Waals surface area (Å²) in [6.45, 7) is 2.24. The van der Waals surface area contributed by atoms with Gasteiger partial charge in [-0.2, -0.15) is 5.10 Å². The van der Waals surface area contributed by atoms with Crippen molar-refractivity contribution in [3.63, 3.8) is 0 Å². The second-order valence-corrected chi connectivity index (χ2v) is 4.70. The average Bonchev–Trinajstić information content (AvgIpc) is 2.73. The van der Waals surface area contributed by atoms with Crippen LogP contribution in [-0.4, -0.2) is 15.8 Å². The van der Waals surface area contributed by atoms with Gasteiger partial charge < -0.3 is 10.5 Å². The predicted molar refractivity (Wildman–Crippen MR) is 71.3 cm³/mol. The molecule has 0 saturated heterocycles. The van der Waals surface area contributed by atoms with E-state index < -0.39 is 0 Å². The van der Waals surface area contributed by atoms with Crippen LogP contribution in [0.1, 0.15) is 18.2 Å². The third-order valence-electron chi connectivity index (χ3n) is 2.71. The van der Waals surface area contributed by atoms with Crippen LogP contribution in [0.5, 0.6) is 5.75 Å². The van der Waals surface area contributed by atoms with Crippen LogP contribution >= 0.6 is 0 Å². The van der Waals surface area contributed by atoms with Gasteiger partial charge in [0.1, 0.15) is 18.2 Å². The van der Waals surface area contributed by atoms with E-state index in [4.69, 9.17) is 10.5 Å². The van der Waals surface area contributed by atoms with Gasteiger partial charge in [0, 0.05) is 19.3 Å². The third kappa shape index (κ3) is 3.79. The van der Waals surface area contributed by atoms with E-state index >= 15 is 0 Å². The van der Waals surface area contributed by atoms with Gasteiger partial charge in [-0.05, 0) is 43.2 Å². The van der Waals surface area contributed by atoms with Crippen LogP contribution in [0.3, 0.4) is 0 Å². The molecule has 19 heavy (non-hydrogen) atoms. The Bertz CT molecular complexity index is 551. The Kier molecular flexibility index (Phi) is 4.16. The minimum absolute atomic E-state index is 0.0426. The lowest BCUT2D eigenvalue weighted by molar-refractivity contribution is 0.296. The molecular formula is C14H18FN3O. The highest BCUT2D eigenvalue weighted by molar-refractivity contribution is 5.34. The minimum atomic E-state index is -0.277. The Hall–Kier alpha value is -1.88. The number of aromatic nitrogens is 2. The van der Waals surface area contributed by atoms with E-state index in [9.17, 15) is 4.39 Å². The smallest absolute Gasteiger partial charge is 0.132 e. The maximum absolute atomic E-state index is 13.3. The van der Waals surface area contributed by atoms with Crippen molar-refractivity contribution < 1.29 is 9.13 Å². The number of rotatable bonds is 5. The molecule has 1 unspecified atom stereocenters. The molecule has 1 heterocycles.